The average molecular weight is 317 g/mol. The molecule has 0 spiro atoms. The minimum Gasteiger partial charge on any atom is -0.359 e. The van der Waals surface area contributed by atoms with Crippen LogP contribution >= 0.6 is 23.7 Å². The van der Waals surface area contributed by atoms with E-state index in [2.05, 4.69) is 15.5 Å². The van der Waals surface area contributed by atoms with Crippen molar-refractivity contribution in [3.05, 3.63) is 27.5 Å². The molecule has 0 atom stereocenters. The quantitative estimate of drug-likeness (QED) is 0.881. The monoisotopic (exact) mass is 316 g/mol. The van der Waals surface area contributed by atoms with E-state index in [0.29, 0.717) is 36.5 Å². The first-order chi connectivity index (χ1) is 9.15. The summed E-state index contributed by atoms with van der Waals surface area (Å²) in [5.74, 6) is 0.350. The third kappa shape index (κ3) is 3.56. The fourth-order valence-electron chi connectivity index (χ4n) is 1.65. The summed E-state index contributed by atoms with van der Waals surface area (Å²) in [6.45, 7) is 4.25. The van der Waals surface area contributed by atoms with Gasteiger partial charge in [-0.15, -0.1) is 23.7 Å². The molecule has 6 nitrogen and oxygen atoms in total. The molecule has 2 aromatic heterocycles. The second-order valence-corrected chi connectivity index (χ2v) is 4.98. The van der Waals surface area contributed by atoms with Crippen molar-refractivity contribution in [2.24, 2.45) is 5.73 Å². The Morgan fingerprint density at radius 1 is 1.55 bits per heavy atom. The first-order valence-corrected chi connectivity index (χ1v) is 6.94. The summed E-state index contributed by atoms with van der Waals surface area (Å²) >= 11 is 1.44. The molecule has 0 aliphatic carbocycles. The zero-order valence-corrected chi connectivity index (χ0v) is 12.9. The zero-order valence-electron chi connectivity index (χ0n) is 11.3. The number of rotatable bonds is 5. The summed E-state index contributed by atoms with van der Waals surface area (Å²) in [7, 11) is 0. The second kappa shape index (κ2) is 7.37. The molecule has 0 radical (unpaired) electrons. The van der Waals surface area contributed by atoms with Crippen LogP contribution in [-0.4, -0.2) is 22.6 Å². The first-order valence-electron chi connectivity index (χ1n) is 6.06. The number of thiazole rings is 1. The molecule has 2 aromatic rings. The van der Waals surface area contributed by atoms with E-state index in [4.69, 9.17) is 10.3 Å². The van der Waals surface area contributed by atoms with Crippen LogP contribution < -0.4 is 11.1 Å². The highest BCUT2D eigenvalue weighted by Gasteiger charge is 2.17. The molecule has 2 heterocycles. The number of anilines is 1. The van der Waals surface area contributed by atoms with E-state index in [1.165, 1.54) is 11.3 Å². The first kappa shape index (κ1) is 16.6. The fraction of sp³-hybridized carbons (Fsp3) is 0.417. The number of carbonyl (C=O) groups excluding carboxylic acids is 1. The van der Waals surface area contributed by atoms with E-state index in [-0.39, 0.29) is 18.3 Å². The van der Waals surface area contributed by atoms with Crippen molar-refractivity contribution < 1.29 is 9.32 Å². The molecule has 0 fully saturated rings. The van der Waals surface area contributed by atoms with Crippen LogP contribution in [0.1, 0.15) is 33.9 Å². The van der Waals surface area contributed by atoms with Gasteiger partial charge < -0.3 is 15.6 Å². The van der Waals surface area contributed by atoms with Gasteiger partial charge in [-0.25, -0.2) is 4.98 Å². The number of hydrogen-bond acceptors (Lipinski definition) is 6. The fourth-order valence-corrected chi connectivity index (χ4v) is 2.44. The molecule has 1 amide bonds. The lowest BCUT2D eigenvalue weighted by atomic mass is 10.2. The van der Waals surface area contributed by atoms with E-state index in [0.717, 1.165) is 10.7 Å². The Balaban J connectivity index is 0.00000200. The van der Waals surface area contributed by atoms with Crippen LogP contribution in [0.5, 0.6) is 0 Å². The molecule has 0 aromatic carbocycles. The van der Waals surface area contributed by atoms with Crippen molar-refractivity contribution >= 4 is 35.3 Å². The maximum absolute atomic E-state index is 12.1. The van der Waals surface area contributed by atoms with Gasteiger partial charge in [0.25, 0.3) is 5.91 Å². The lowest BCUT2D eigenvalue weighted by Gasteiger charge is -2.02. The van der Waals surface area contributed by atoms with Gasteiger partial charge >= 0.3 is 0 Å². The predicted octanol–water partition coefficient (Wildman–Crippen LogP) is 2.18. The molecular formula is C12H17ClN4O2S. The van der Waals surface area contributed by atoms with E-state index < -0.39 is 0 Å². The number of halogens is 1. The summed E-state index contributed by atoms with van der Waals surface area (Å²) in [5.41, 5.74) is 7.24. The Morgan fingerprint density at radius 2 is 2.30 bits per heavy atom. The third-order valence-electron chi connectivity index (χ3n) is 2.65. The number of nitrogens with zero attached hydrogens (tertiary/aromatic N) is 2. The van der Waals surface area contributed by atoms with Crippen LogP contribution in [0, 0.1) is 6.92 Å². The Bertz CT molecular complexity index is 582. The van der Waals surface area contributed by atoms with Crippen LogP contribution in [0.3, 0.4) is 0 Å². The van der Waals surface area contributed by atoms with Gasteiger partial charge in [-0.3, -0.25) is 4.79 Å². The highest BCUT2D eigenvalue weighted by molar-refractivity contribution is 7.09. The zero-order chi connectivity index (χ0) is 13.8. The van der Waals surface area contributed by atoms with Gasteiger partial charge in [-0.2, -0.15) is 0 Å². The van der Waals surface area contributed by atoms with Crippen molar-refractivity contribution in [1.29, 1.82) is 0 Å². The van der Waals surface area contributed by atoms with Gasteiger partial charge in [-0.05, 0) is 19.9 Å². The van der Waals surface area contributed by atoms with Gasteiger partial charge in [0.05, 0.1) is 5.01 Å². The Hall–Kier alpha value is -1.44. The number of aryl methyl sites for hydroxylation is 2. The molecule has 0 saturated heterocycles. The van der Waals surface area contributed by atoms with E-state index >= 15 is 0 Å². The van der Waals surface area contributed by atoms with Gasteiger partial charge in [0.15, 0.2) is 5.76 Å². The molecule has 0 aliphatic rings. The predicted molar refractivity (Wildman–Crippen MR) is 80.7 cm³/mol. The lowest BCUT2D eigenvalue weighted by molar-refractivity contribution is 0.102. The smallest absolute Gasteiger partial charge is 0.275 e. The standard InChI is InChI=1S/C12H16N4O2S.ClH/c1-3-8-11(7(2)18-16-8)15-12(17)9-6-19-10(14-9)4-5-13;/h6H,3-5,13H2,1-2H3,(H,15,17);1H. The molecule has 3 N–H and O–H groups in total. The van der Waals surface area contributed by atoms with E-state index in [1.54, 1.807) is 12.3 Å². The maximum atomic E-state index is 12.1. The van der Waals surface area contributed by atoms with Crippen LogP contribution in [-0.2, 0) is 12.8 Å². The van der Waals surface area contributed by atoms with Gasteiger partial charge in [0.2, 0.25) is 0 Å². The number of nitrogens with two attached hydrogens (primary N) is 1. The number of nitrogens with one attached hydrogen (secondary N) is 1. The molecule has 110 valence electrons. The van der Waals surface area contributed by atoms with Crippen molar-refractivity contribution in [3.8, 4) is 0 Å². The SMILES string of the molecule is CCc1noc(C)c1NC(=O)c1csc(CCN)n1.Cl. The average Bonchev–Trinajstić information content (AvgIpc) is 2.98. The highest BCUT2D eigenvalue weighted by atomic mass is 35.5. The molecular weight excluding hydrogens is 300 g/mol. The summed E-state index contributed by atoms with van der Waals surface area (Å²) in [6.07, 6.45) is 1.38. The van der Waals surface area contributed by atoms with Crippen molar-refractivity contribution in [2.75, 3.05) is 11.9 Å². The lowest BCUT2D eigenvalue weighted by Crippen LogP contribution is -2.14. The molecule has 8 heteroatoms. The maximum Gasteiger partial charge on any atom is 0.275 e. The summed E-state index contributed by atoms with van der Waals surface area (Å²) < 4.78 is 5.07. The number of amides is 1. The van der Waals surface area contributed by atoms with Crippen LogP contribution in [0.25, 0.3) is 0 Å². The molecule has 2 rings (SSSR count). The minimum atomic E-state index is -0.250. The number of hydrogen-bond donors (Lipinski definition) is 2. The van der Waals surface area contributed by atoms with Crippen molar-refractivity contribution in [2.45, 2.75) is 26.7 Å². The summed E-state index contributed by atoms with van der Waals surface area (Å²) in [6, 6.07) is 0. The second-order valence-electron chi connectivity index (χ2n) is 4.03. The Morgan fingerprint density at radius 3 is 2.95 bits per heavy atom. The van der Waals surface area contributed by atoms with Crippen molar-refractivity contribution in [3.63, 3.8) is 0 Å². The van der Waals surface area contributed by atoms with Gasteiger partial charge in [0, 0.05) is 11.8 Å². The molecule has 20 heavy (non-hydrogen) atoms. The summed E-state index contributed by atoms with van der Waals surface area (Å²) in [4.78, 5) is 16.3. The van der Waals surface area contributed by atoms with Crippen LogP contribution in [0.2, 0.25) is 0 Å². The van der Waals surface area contributed by atoms with Crippen LogP contribution in [0.4, 0.5) is 5.69 Å². The highest BCUT2D eigenvalue weighted by Crippen LogP contribution is 2.21. The molecule has 0 saturated carbocycles. The van der Waals surface area contributed by atoms with E-state index in [1.807, 2.05) is 6.92 Å². The largest absolute Gasteiger partial charge is 0.359 e. The summed E-state index contributed by atoms with van der Waals surface area (Å²) in [5, 5.41) is 9.29. The molecule has 0 aliphatic heterocycles. The number of carbonyl (C=O) groups is 1. The van der Waals surface area contributed by atoms with Gasteiger partial charge in [-0.1, -0.05) is 12.1 Å². The number of aromatic nitrogens is 2. The molecule has 0 bridgehead atoms. The normalized spacial score (nSPS) is 10.2. The van der Waals surface area contributed by atoms with Crippen LogP contribution in [0.15, 0.2) is 9.90 Å². The molecule has 0 unspecified atom stereocenters. The Kier molecular flexibility index (Phi) is 6.12. The van der Waals surface area contributed by atoms with Crippen molar-refractivity contribution in [1.82, 2.24) is 10.1 Å². The third-order valence-corrected chi connectivity index (χ3v) is 3.56. The van der Waals surface area contributed by atoms with Gasteiger partial charge in [0.1, 0.15) is 17.1 Å². The topological polar surface area (TPSA) is 94.0 Å². The van der Waals surface area contributed by atoms with E-state index in [9.17, 15) is 4.79 Å². The Labute approximate surface area is 127 Å². The minimum absolute atomic E-state index is 0.